The van der Waals surface area contributed by atoms with Crippen molar-refractivity contribution in [2.45, 2.75) is 70.5 Å². The van der Waals surface area contributed by atoms with Gasteiger partial charge >= 0.3 is 0 Å². The van der Waals surface area contributed by atoms with Gasteiger partial charge in [-0.2, -0.15) is 0 Å². The van der Waals surface area contributed by atoms with Gasteiger partial charge in [0.05, 0.1) is 24.6 Å². The molecule has 5 rings (SSSR count). The van der Waals surface area contributed by atoms with Crippen LogP contribution in [0.5, 0.6) is 5.75 Å². The molecule has 1 aliphatic heterocycles. The topological polar surface area (TPSA) is 110 Å². The summed E-state index contributed by atoms with van der Waals surface area (Å²) in [5.74, 6) is 0.662. The number of piperidine rings is 1. The minimum atomic E-state index is -0.00737. The third-order valence-electron chi connectivity index (χ3n) is 6.50. The van der Waals surface area contributed by atoms with E-state index in [-0.39, 0.29) is 17.1 Å². The summed E-state index contributed by atoms with van der Waals surface area (Å²) < 4.78 is 7.55. The summed E-state index contributed by atoms with van der Waals surface area (Å²) in [7, 11) is 1.62. The maximum absolute atomic E-state index is 9.26. The number of methoxy groups -OCH3 is 1. The van der Waals surface area contributed by atoms with E-state index in [1.807, 2.05) is 22.9 Å². The van der Waals surface area contributed by atoms with E-state index >= 15 is 0 Å². The van der Waals surface area contributed by atoms with Crippen LogP contribution in [0.15, 0.2) is 23.4 Å². The quantitative estimate of drug-likeness (QED) is 0.478. The Bertz CT molecular complexity index is 1210. The molecule has 0 radical (unpaired) electrons. The molecule has 2 N–H and O–H groups in total. The average molecular weight is 436 g/mol. The van der Waals surface area contributed by atoms with E-state index in [2.05, 4.69) is 58.7 Å². The number of fused-ring (bicyclic) bond motifs is 2. The van der Waals surface area contributed by atoms with Crippen LogP contribution < -0.4 is 10.1 Å². The largest absolute Gasteiger partial charge is 0.496 e. The average Bonchev–Trinajstić information content (AvgIpc) is 3.33. The van der Waals surface area contributed by atoms with Gasteiger partial charge in [-0.15, -0.1) is 15.3 Å². The molecule has 168 valence electrons. The first-order valence-corrected chi connectivity index (χ1v) is 11.0. The summed E-state index contributed by atoms with van der Waals surface area (Å²) in [4.78, 5) is 0. The van der Waals surface area contributed by atoms with Crippen molar-refractivity contribution < 1.29 is 9.94 Å². The number of benzene rings is 1. The third-order valence-corrected chi connectivity index (χ3v) is 6.50. The fourth-order valence-electron chi connectivity index (χ4n) is 5.53. The Balaban J connectivity index is 1.54. The summed E-state index contributed by atoms with van der Waals surface area (Å²) in [6, 6.07) is 6.07. The maximum Gasteiger partial charge on any atom is 0.201 e. The predicted octanol–water partition coefficient (Wildman–Crippen LogP) is 3.50. The number of ether oxygens (including phenoxy) is 1. The summed E-state index contributed by atoms with van der Waals surface area (Å²) in [6.07, 6.45) is 3.40. The minimum absolute atomic E-state index is 0.00737. The lowest BCUT2D eigenvalue weighted by Crippen LogP contribution is -2.58. The molecule has 1 aromatic carbocycles. The molecule has 1 saturated heterocycles. The van der Waals surface area contributed by atoms with E-state index < -0.39 is 0 Å². The highest BCUT2D eigenvalue weighted by Crippen LogP contribution is 2.38. The molecule has 0 saturated carbocycles. The number of nitrogens with one attached hydrogen (secondary N) is 1. The summed E-state index contributed by atoms with van der Waals surface area (Å²) in [5.41, 5.74) is 5.64. The molecule has 1 fully saturated rings. The zero-order chi connectivity index (χ0) is 22.7. The first kappa shape index (κ1) is 20.8. The molecule has 3 aromatic rings. The summed E-state index contributed by atoms with van der Waals surface area (Å²) in [5, 5.41) is 34.3. The fraction of sp³-hybridized carbons (Fsp3) is 0.522. The Morgan fingerprint density at radius 3 is 2.47 bits per heavy atom. The lowest BCUT2D eigenvalue weighted by Gasteiger charge is -2.46. The van der Waals surface area contributed by atoms with Gasteiger partial charge in [-0.05, 0) is 77.1 Å². The van der Waals surface area contributed by atoms with Crippen LogP contribution in [0.4, 0.5) is 0 Å². The normalized spacial score (nSPS) is 21.2. The van der Waals surface area contributed by atoms with E-state index in [1.165, 1.54) is 0 Å². The SMILES string of the molecule is COc1cc2c(cc1-c1cc3nnn(C4CC(C)(C)NC(C)(C)C4)c3nn1)CCC2=NO. The first-order valence-electron chi connectivity index (χ1n) is 11.0. The number of rotatable bonds is 3. The fourth-order valence-corrected chi connectivity index (χ4v) is 5.53. The van der Waals surface area contributed by atoms with Gasteiger partial charge in [0.15, 0.2) is 0 Å². The highest BCUT2D eigenvalue weighted by Gasteiger charge is 2.39. The van der Waals surface area contributed by atoms with Gasteiger partial charge in [0.2, 0.25) is 5.65 Å². The van der Waals surface area contributed by atoms with Crippen LogP contribution in [0.2, 0.25) is 0 Å². The van der Waals surface area contributed by atoms with Crippen LogP contribution in [-0.4, -0.2) is 54.3 Å². The smallest absolute Gasteiger partial charge is 0.201 e. The second-order valence-corrected chi connectivity index (χ2v) is 10.2. The molecule has 0 spiro atoms. The summed E-state index contributed by atoms with van der Waals surface area (Å²) in [6.45, 7) is 8.88. The molecule has 2 aliphatic rings. The molecule has 0 bridgehead atoms. The van der Waals surface area contributed by atoms with Crippen LogP contribution in [-0.2, 0) is 6.42 Å². The van der Waals surface area contributed by atoms with Crippen LogP contribution in [0.3, 0.4) is 0 Å². The number of hydrogen-bond acceptors (Lipinski definition) is 8. The van der Waals surface area contributed by atoms with E-state index in [0.29, 0.717) is 34.7 Å². The van der Waals surface area contributed by atoms with Gasteiger partial charge < -0.3 is 15.3 Å². The van der Waals surface area contributed by atoms with Crippen molar-refractivity contribution in [2.75, 3.05) is 7.11 Å². The number of aryl methyl sites for hydroxylation is 1. The number of oxime groups is 1. The predicted molar refractivity (Wildman–Crippen MR) is 121 cm³/mol. The standard InChI is InChI=1S/C23H29N7O2/c1-22(2)11-14(12-23(3,4)28-22)30-21-19(25-29-30)10-18(24-26-21)16-8-13-6-7-17(27-31)15(13)9-20(16)32-5/h8-10,14,28,31H,6-7,11-12H2,1-5H3. The van der Waals surface area contributed by atoms with Crippen molar-refractivity contribution in [3.05, 3.63) is 29.3 Å². The van der Waals surface area contributed by atoms with Gasteiger partial charge in [0, 0.05) is 22.2 Å². The molecule has 0 unspecified atom stereocenters. The number of nitrogens with zero attached hydrogens (tertiary/aromatic N) is 6. The second kappa shape index (κ2) is 7.23. The molecule has 32 heavy (non-hydrogen) atoms. The van der Waals surface area contributed by atoms with Crippen molar-refractivity contribution in [3.8, 4) is 17.0 Å². The van der Waals surface area contributed by atoms with Crippen LogP contribution in [0.1, 0.15) is 64.1 Å². The highest BCUT2D eigenvalue weighted by atomic mass is 16.5. The Morgan fingerprint density at radius 2 is 1.78 bits per heavy atom. The molecule has 0 atom stereocenters. The van der Waals surface area contributed by atoms with Crippen LogP contribution in [0, 0.1) is 0 Å². The van der Waals surface area contributed by atoms with Gasteiger partial charge in [0.1, 0.15) is 11.3 Å². The minimum Gasteiger partial charge on any atom is -0.496 e. The summed E-state index contributed by atoms with van der Waals surface area (Å²) >= 11 is 0. The third kappa shape index (κ3) is 3.50. The van der Waals surface area contributed by atoms with Gasteiger partial charge in [-0.25, -0.2) is 4.68 Å². The van der Waals surface area contributed by atoms with Gasteiger partial charge in [0.25, 0.3) is 0 Å². The Labute approximate surface area is 186 Å². The lowest BCUT2D eigenvalue weighted by atomic mass is 9.80. The first-order chi connectivity index (χ1) is 15.2. The number of aromatic nitrogens is 5. The molecular formula is C23H29N7O2. The zero-order valence-electron chi connectivity index (χ0n) is 19.2. The van der Waals surface area contributed by atoms with Crippen molar-refractivity contribution in [2.24, 2.45) is 5.16 Å². The Morgan fingerprint density at radius 1 is 1.03 bits per heavy atom. The molecule has 3 heterocycles. The van der Waals surface area contributed by atoms with E-state index in [4.69, 9.17) is 4.74 Å². The van der Waals surface area contributed by atoms with Crippen molar-refractivity contribution in [1.29, 1.82) is 0 Å². The molecule has 9 nitrogen and oxygen atoms in total. The molecular weight excluding hydrogens is 406 g/mol. The highest BCUT2D eigenvalue weighted by molar-refractivity contribution is 6.05. The molecule has 2 aromatic heterocycles. The van der Waals surface area contributed by atoms with Gasteiger partial charge in [-0.3, -0.25) is 0 Å². The van der Waals surface area contributed by atoms with Crippen LogP contribution >= 0.6 is 0 Å². The zero-order valence-corrected chi connectivity index (χ0v) is 19.2. The van der Waals surface area contributed by atoms with Crippen molar-refractivity contribution in [3.63, 3.8) is 0 Å². The second-order valence-electron chi connectivity index (χ2n) is 10.2. The monoisotopic (exact) mass is 435 g/mol. The maximum atomic E-state index is 9.26. The van der Waals surface area contributed by atoms with Gasteiger partial charge in [-0.1, -0.05) is 10.4 Å². The van der Waals surface area contributed by atoms with E-state index in [0.717, 1.165) is 36.0 Å². The van der Waals surface area contributed by atoms with E-state index in [9.17, 15) is 5.21 Å². The molecule has 1 aliphatic carbocycles. The Hall–Kier alpha value is -3.07. The molecule has 0 amide bonds. The van der Waals surface area contributed by atoms with Crippen molar-refractivity contribution in [1.82, 2.24) is 30.5 Å². The van der Waals surface area contributed by atoms with Crippen LogP contribution in [0.25, 0.3) is 22.4 Å². The lowest BCUT2D eigenvalue weighted by molar-refractivity contribution is 0.127. The van der Waals surface area contributed by atoms with Crippen molar-refractivity contribution >= 4 is 16.9 Å². The Kier molecular flexibility index (Phi) is 4.70. The number of hydrogen-bond donors (Lipinski definition) is 2. The van der Waals surface area contributed by atoms with E-state index in [1.54, 1.807) is 7.11 Å². The molecule has 9 heteroatoms.